The summed E-state index contributed by atoms with van der Waals surface area (Å²) >= 11 is 11.1. The van der Waals surface area contributed by atoms with Crippen LogP contribution in [0.15, 0.2) is 24.3 Å². The molecule has 1 N–H and O–H groups in total. The van der Waals surface area contributed by atoms with Crippen LogP contribution in [0.25, 0.3) is 10.2 Å². The second kappa shape index (κ2) is 7.76. The zero-order valence-corrected chi connectivity index (χ0v) is 19.8. The van der Waals surface area contributed by atoms with E-state index in [1.807, 2.05) is 6.07 Å². The van der Waals surface area contributed by atoms with Crippen LogP contribution in [0.5, 0.6) is 0 Å². The SMILES string of the molecule is CC(C)(C)[Si](C)(C)OC(CCS)[C@@H]1C(S)N[C@H]1c1nc2ccccc2s1. The molecule has 144 valence electrons. The lowest BCUT2D eigenvalue weighted by atomic mass is 9.85. The molecular weight excluding hydrogens is 397 g/mol. The first-order valence-electron chi connectivity index (χ1n) is 9.22. The molecule has 2 aromatic rings. The Morgan fingerprint density at radius 3 is 2.58 bits per heavy atom. The summed E-state index contributed by atoms with van der Waals surface area (Å²) in [5.41, 5.74) is 1.08. The molecular formula is C19H30N2OS3Si. The fourth-order valence-electron chi connectivity index (χ4n) is 3.16. The highest BCUT2D eigenvalue weighted by atomic mass is 32.1. The summed E-state index contributed by atoms with van der Waals surface area (Å²) in [7, 11) is -1.86. The highest BCUT2D eigenvalue weighted by Gasteiger charge is 2.49. The van der Waals surface area contributed by atoms with Crippen molar-refractivity contribution in [1.29, 1.82) is 0 Å². The van der Waals surface area contributed by atoms with Gasteiger partial charge in [0, 0.05) is 5.92 Å². The minimum absolute atomic E-state index is 0.140. The molecule has 3 nitrogen and oxygen atoms in total. The van der Waals surface area contributed by atoms with E-state index < -0.39 is 8.32 Å². The summed E-state index contributed by atoms with van der Waals surface area (Å²) in [5, 5.41) is 5.03. The number of hydrogen-bond donors (Lipinski definition) is 3. The minimum Gasteiger partial charge on any atom is -0.413 e. The van der Waals surface area contributed by atoms with Crippen molar-refractivity contribution in [3.63, 3.8) is 0 Å². The van der Waals surface area contributed by atoms with E-state index in [-0.39, 0.29) is 22.6 Å². The summed E-state index contributed by atoms with van der Waals surface area (Å²) in [5.74, 6) is 1.14. The topological polar surface area (TPSA) is 34.1 Å². The number of aromatic nitrogens is 1. The Bertz CT molecular complexity index is 726. The number of thiazole rings is 1. The molecule has 1 aliphatic rings. The summed E-state index contributed by atoms with van der Waals surface area (Å²) in [6.07, 6.45) is 1.11. The summed E-state index contributed by atoms with van der Waals surface area (Å²) in [6.45, 7) is 11.5. The Hall–Kier alpha value is -0.0531. The Morgan fingerprint density at radius 1 is 1.31 bits per heavy atom. The monoisotopic (exact) mass is 426 g/mol. The lowest BCUT2D eigenvalue weighted by Crippen LogP contribution is -2.60. The Labute approximate surface area is 173 Å². The highest BCUT2D eigenvalue weighted by molar-refractivity contribution is 7.81. The summed E-state index contributed by atoms with van der Waals surface area (Å²) in [4.78, 5) is 4.87. The summed E-state index contributed by atoms with van der Waals surface area (Å²) < 4.78 is 8.06. The molecule has 26 heavy (non-hydrogen) atoms. The third kappa shape index (κ3) is 4.03. The third-order valence-electron chi connectivity index (χ3n) is 5.77. The molecule has 4 atom stereocenters. The van der Waals surface area contributed by atoms with Gasteiger partial charge in [-0.3, -0.25) is 5.32 Å². The molecule has 1 aromatic heterocycles. The molecule has 0 saturated carbocycles. The van der Waals surface area contributed by atoms with Crippen LogP contribution in [0.3, 0.4) is 0 Å². The normalized spacial score (nSPS) is 25.3. The van der Waals surface area contributed by atoms with Crippen molar-refractivity contribution in [2.24, 2.45) is 5.92 Å². The number of nitrogens with zero attached hydrogens (tertiary/aromatic N) is 1. The zero-order chi connectivity index (χ0) is 19.1. The predicted octanol–water partition coefficient (Wildman–Crippen LogP) is 5.52. The number of benzene rings is 1. The number of para-hydroxylation sites is 1. The first-order chi connectivity index (χ1) is 12.1. The molecule has 1 saturated heterocycles. The van der Waals surface area contributed by atoms with Gasteiger partial charge in [-0.2, -0.15) is 25.3 Å². The lowest BCUT2D eigenvalue weighted by Gasteiger charge is -2.50. The number of fused-ring (bicyclic) bond motifs is 1. The Kier molecular flexibility index (Phi) is 6.17. The second-order valence-electron chi connectivity index (χ2n) is 8.62. The van der Waals surface area contributed by atoms with Gasteiger partial charge in [-0.1, -0.05) is 32.9 Å². The van der Waals surface area contributed by atoms with E-state index in [1.165, 1.54) is 4.70 Å². The van der Waals surface area contributed by atoms with Gasteiger partial charge >= 0.3 is 0 Å². The van der Waals surface area contributed by atoms with Gasteiger partial charge in [0.25, 0.3) is 0 Å². The van der Waals surface area contributed by atoms with Crippen molar-refractivity contribution >= 4 is 55.1 Å². The van der Waals surface area contributed by atoms with E-state index in [2.05, 4.69) is 70.0 Å². The molecule has 1 aromatic carbocycles. The van der Waals surface area contributed by atoms with Gasteiger partial charge in [0.1, 0.15) is 5.01 Å². The molecule has 0 amide bonds. The van der Waals surface area contributed by atoms with Crippen molar-refractivity contribution in [3.8, 4) is 0 Å². The van der Waals surface area contributed by atoms with Crippen molar-refractivity contribution in [2.75, 3.05) is 5.75 Å². The van der Waals surface area contributed by atoms with Crippen LogP contribution in [-0.2, 0) is 4.43 Å². The molecule has 2 unspecified atom stereocenters. The highest BCUT2D eigenvalue weighted by Crippen LogP contribution is 2.46. The standard InChI is InChI=1S/C19H30N2OS3Si/c1-19(2,3)26(4,5)22-13(10-11-23)15-16(21-17(15)24)18-20-12-8-6-7-9-14(12)25-18/h6-9,13,15-17,21,23-24H,10-11H2,1-5H3/t13?,15-,16+,17?/m0/s1. The lowest BCUT2D eigenvalue weighted by molar-refractivity contribution is 0.0367. The van der Waals surface area contributed by atoms with Gasteiger partial charge in [-0.05, 0) is 42.4 Å². The van der Waals surface area contributed by atoms with E-state index in [0.717, 1.165) is 22.7 Å². The minimum atomic E-state index is -1.86. The van der Waals surface area contributed by atoms with E-state index in [1.54, 1.807) is 11.3 Å². The van der Waals surface area contributed by atoms with Gasteiger partial charge in [0.05, 0.1) is 27.7 Å². The average molecular weight is 427 g/mol. The van der Waals surface area contributed by atoms with Crippen molar-refractivity contribution in [1.82, 2.24) is 10.3 Å². The van der Waals surface area contributed by atoms with Crippen LogP contribution in [-0.4, -0.2) is 30.5 Å². The van der Waals surface area contributed by atoms with Crippen molar-refractivity contribution < 1.29 is 4.43 Å². The zero-order valence-electron chi connectivity index (χ0n) is 16.2. The molecule has 0 bridgehead atoms. The van der Waals surface area contributed by atoms with Crippen LogP contribution in [0, 0.1) is 5.92 Å². The maximum absolute atomic E-state index is 6.82. The van der Waals surface area contributed by atoms with E-state index in [4.69, 9.17) is 22.0 Å². The van der Waals surface area contributed by atoms with E-state index in [0.29, 0.717) is 5.92 Å². The predicted molar refractivity (Wildman–Crippen MR) is 122 cm³/mol. The molecule has 3 rings (SSSR count). The largest absolute Gasteiger partial charge is 0.413 e. The Balaban J connectivity index is 1.85. The molecule has 0 radical (unpaired) electrons. The average Bonchev–Trinajstić information content (AvgIpc) is 2.94. The van der Waals surface area contributed by atoms with Gasteiger partial charge in [-0.25, -0.2) is 4.98 Å². The van der Waals surface area contributed by atoms with E-state index >= 15 is 0 Å². The smallest absolute Gasteiger partial charge is 0.192 e. The quantitative estimate of drug-likeness (QED) is 0.420. The fraction of sp³-hybridized carbons (Fsp3) is 0.632. The van der Waals surface area contributed by atoms with Gasteiger partial charge in [-0.15, -0.1) is 11.3 Å². The number of rotatable bonds is 6. The van der Waals surface area contributed by atoms with Crippen molar-refractivity contribution in [3.05, 3.63) is 29.3 Å². The fourth-order valence-corrected chi connectivity index (χ4v) is 6.41. The van der Waals surface area contributed by atoms with Crippen LogP contribution in [0.2, 0.25) is 18.1 Å². The number of thiol groups is 2. The van der Waals surface area contributed by atoms with Crippen LogP contribution < -0.4 is 5.32 Å². The molecule has 0 spiro atoms. The third-order valence-corrected chi connectivity index (χ3v) is 12.1. The Morgan fingerprint density at radius 2 is 2.00 bits per heavy atom. The second-order valence-corrected chi connectivity index (χ2v) is 15.4. The molecule has 2 heterocycles. The summed E-state index contributed by atoms with van der Waals surface area (Å²) in [6, 6.07) is 8.55. The van der Waals surface area contributed by atoms with Gasteiger partial charge in [0.2, 0.25) is 0 Å². The molecule has 1 aliphatic heterocycles. The van der Waals surface area contributed by atoms with Crippen LogP contribution in [0.4, 0.5) is 0 Å². The maximum Gasteiger partial charge on any atom is 0.192 e. The van der Waals surface area contributed by atoms with Crippen LogP contribution in [0.1, 0.15) is 38.2 Å². The number of nitrogens with one attached hydrogen (secondary N) is 1. The number of hydrogen-bond acceptors (Lipinski definition) is 6. The van der Waals surface area contributed by atoms with Crippen molar-refractivity contribution in [2.45, 2.75) is 62.8 Å². The van der Waals surface area contributed by atoms with E-state index in [9.17, 15) is 0 Å². The van der Waals surface area contributed by atoms with Gasteiger partial charge in [0.15, 0.2) is 8.32 Å². The van der Waals surface area contributed by atoms with Gasteiger partial charge < -0.3 is 4.43 Å². The van der Waals surface area contributed by atoms with Crippen LogP contribution >= 0.6 is 36.6 Å². The first-order valence-corrected chi connectivity index (χ1v) is 14.1. The molecule has 0 aliphatic carbocycles. The molecule has 7 heteroatoms. The molecule has 1 fully saturated rings. The first kappa shape index (κ1) is 20.7. The maximum atomic E-state index is 6.82.